The first kappa shape index (κ1) is 22.9. The highest BCUT2D eigenvalue weighted by atomic mass is 16.8. The van der Waals surface area contributed by atoms with Gasteiger partial charge in [0.05, 0.1) is 19.8 Å². The zero-order chi connectivity index (χ0) is 22.3. The van der Waals surface area contributed by atoms with Crippen LogP contribution >= 0.6 is 0 Å². The minimum absolute atomic E-state index is 0.150. The Labute approximate surface area is 182 Å². The van der Waals surface area contributed by atoms with E-state index in [0.717, 1.165) is 11.1 Å². The molecule has 3 rings (SSSR count). The molecule has 0 bridgehead atoms. The Kier molecular flexibility index (Phi) is 7.79. The van der Waals surface area contributed by atoms with Gasteiger partial charge >= 0.3 is 11.9 Å². The molecule has 1 aliphatic rings. The summed E-state index contributed by atoms with van der Waals surface area (Å²) in [4.78, 5) is 23.4. The van der Waals surface area contributed by atoms with Crippen LogP contribution in [0.1, 0.15) is 31.9 Å². The van der Waals surface area contributed by atoms with Gasteiger partial charge in [-0.05, 0) is 18.1 Å². The predicted molar refractivity (Wildman–Crippen MR) is 112 cm³/mol. The van der Waals surface area contributed by atoms with Gasteiger partial charge in [0.25, 0.3) is 0 Å². The lowest BCUT2D eigenvalue weighted by Gasteiger charge is -2.31. The van der Waals surface area contributed by atoms with Crippen molar-refractivity contribution >= 4 is 11.9 Å². The predicted octanol–water partition coefficient (Wildman–Crippen LogP) is 3.40. The van der Waals surface area contributed by atoms with E-state index in [-0.39, 0.29) is 13.2 Å². The molecule has 7 heteroatoms. The number of hydrogen-bond donors (Lipinski definition) is 0. The maximum atomic E-state index is 11.8. The molecule has 31 heavy (non-hydrogen) atoms. The fourth-order valence-corrected chi connectivity index (χ4v) is 3.55. The lowest BCUT2D eigenvalue weighted by Crippen LogP contribution is -2.47. The smallest absolute Gasteiger partial charge is 0.305 e. The molecule has 0 saturated carbocycles. The molecule has 4 unspecified atom stereocenters. The first-order valence-corrected chi connectivity index (χ1v) is 10.2. The van der Waals surface area contributed by atoms with Crippen molar-refractivity contribution in [2.45, 2.75) is 58.1 Å². The number of carbonyl (C=O) groups excluding carboxylic acids is 2. The number of ether oxygens (including phenoxy) is 5. The third-order valence-electron chi connectivity index (χ3n) is 4.91. The quantitative estimate of drug-likeness (QED) is 0.566. The summed E-state index contributed by atoms with van der Waals surface area (Å²) in [6, 6.07) is 19.3. The van der Waals surface area contributed by atoms with Gasteiger partial charge in [0.2, 0.25) is 6.29 Å². The van der Waals surface area contributed by atoms with Crippen molar-refractivity contribution in [2.75, 3.05) is 6.61 Å². The van der Waals surface area contributed by atoms with E-state index in [0.29, 0.717) is 6.61 Å². The lowest BCUT2D eigenvalue weighted by molar-refractivity contribution is -0.208. The maximum absolute atomic E-state index is 11.8. The van der Waals surface area contributed by atoms with Crippen LogP contribution in [0.25, 0.3) is 0 Å². The molecule has 0 aliphatic carbocycles. The normalized spacial score (nSPS) is 25.2. The topological polar surface area (TPSA) is 80.3 Å². The Hall–Kier alpha value is -2.74. The van der Waals surface area contributed by atoms with Gasteiger partial charge in [-0.2, -0.15) is 0 Å². The standard InChI is InChI=1S/C24H28O7/c1-17(25)29-21-22(28-15-20-12-8-5-9-13-20)24(3,31-23(21)30-18(2)26)16-27-14-19-10-6-4-7-11-19/h4-13,21-23H,14-16H2,1-3H3. The van der Waals surface area contributed by atoms with E-state index >= 15 is 0 Å². The maximum Gasteiger partial charge on any atom is 0.305 e. The summed E-state index contributed by atoms with van der Waals surface area (Å²) in [5, 5.41) is 0. The molecule has 0 radical (unpaired) electrons. The highest BCUT2D eigenvalue weighted by molar-refractivity contribution is 5.67. The SMILES string of the molecule is CC(=O)OC1OC(C)(COCc2ccccc2)C(OCc2ccccc2)C1OC(C)=O. The largest absolute Gasteiger partial charge is 0.453 e. The Morgan fingerprint density at radius 3 is 1.97 bits per heavy atom. The Balaban J connectivity index is 1.77. The molecule has 0 amide bonds. The lowest BCUT2D eigenvalue weighted by atomic mass is 9.98. The van der Waals surface area contributed by atoms with Crippen LogP contribution in [-0.4, -0.2) is 42.6 Å². The van der Waals surface area contributed by atoms with Gasteiger partial charge in [-0.15, -0.1) is 0 Å². The molecule has 1 saturated heterocycles. The van der Waals surface area contributed by atoms with E-state index in [1.54, 1.807) is 6.92 Å². The summed E-state index contributed by atoms with van der Waals surface area (Å²) in [5.74, 6) is -1.06. The Morgan fingerprint density at radius 1 is 0.871 bits per heavy atom. The second-order valence-corrected chi connectivity index (χ2v) is 7.68. The van der Waals surface area contributed by atoms with Crippen LogP contribution in [0.3, 0.4) is 0 Å². The Bertz CT molecular complexity index is 855. The Morgan fingerprint density at radius 2 is 1.42 bits per heavy atom. The fourth-order valence-electron chi connectivity index (χ4n) is 3.55. The zero-order valence-corrected chi connectivity index (χ0v) is 18.0. The first-order chi connectivity index (χ1) is 14.9. The van der Waals surface area contributed by atoms with Crippen molar-refractivity contribution in [3.63, 3.8) is 0 Å². The summed E-state index contributed by atoms with van der Waals surface area (Å²) < 4.78 is 28.9. The molecule has 0 N–H and O–H groups in total. The summed E-state index contributed by atoms with van der Waals surface area (Å²) >= 11 is 0. The molecule has 4 atom stereocenters. The van der Waals surface area contributed by atoms with Crippen LogP contribution < -0.4 is 0 Å². The molecule has 166 valence electrons. The molecule has 2 aromatic carbocycles. The number of esters is 2. The molecule has 1 aliphatic heterocycles. The molecule has 1 heterocycles. The van der Waals surface area contributed by atoms with E-state index in [1.807, 2.05) is 60.7 Å². The fraction of sp³-hybridized carbons (Fsp3) is 0.417. The van der Waals surface area contributed by atoms with Gasteiger partial charge in [0, 0.05) is 13.8 Å². The summed E-state index contributed by atoms with van der Waals surface area (Å²) in [6.45, 7) is 5.16. The van der Waals surface area contributed by atoms with Crippen molar-refractivity contribution < 1.29 is 33.3 Å². The van der Waals surface area contributed by atoms with Gasteiger partial charge in [-0.25, -0.2) is 0 Å². The third-order valence-corrected chi connectivity index (χ3v) is 4.91. The minimum Gasteiger partial charge on any atom is -0.453 e. The minimum atomic E-state index is -1.09. The zero-order valence-electron chi connectivity index (χ0n) is 18.0. The van der Waals surface area contributed by atoms with Crippen LogP contribution in [0, 0.1) is 0 Å². The van der Waals surface area contributed by atoms with Gasteiger partial charge in [-0.3, -0.25) is 9.59 Å². The monoisotopic (exact) mass is 428 g/mol. The van der Waals surface area contributed by atoms with E-state index < -0.39 is 36.0 Å². The number of hydrogen-bond acceptors (Lipinski definition) is 7. The second kappa shape index (κ2) is 10.5. The molecular formula is C24H28O7. The average Bonchev–Trinajstić information content (AvgIpc) is 2.97. The van der Waals surface area contributed by atoms with E-state index in [2.05, 4.69) is 0 Å². The number of carbonyl (C=O) groups is 2. The average molecular weight is 428 g/mol. The van der Waals surface area contributed by atoms with Crippen LogP contribution in [-0.2, 0) is 46.5 Å². The molecule has 1 fully saturated rings. The van der Waals surface area contributed by atoms with Crippen molar-refractivity contribution in [1.82, 2.24) is 0 Å². The van der Waals surface area contributed by atoms with Crippen LogP contribution in [0.5, 0.6) is 0 Å². The van der Waals surface area contributed by atoms with Gasteiger partial charge in [-0.1, -0.05) is 60.7 Å². The summed E-state index contributed by atoms with van der Waals surface area (Å²) in [5.41, 5.74) is 0.954. The molecule has 0 aromatic heterocycles. The van der Waals surface area contributed by atoms with Crippen molar-refractivity contribution in [1.29, 1.82) is 0 Å². The van der Waals surface area contributed by atoms with Crippen molar-refractivity contribution in [3.8, 4) is 0 Å². The highest BCUT2D eigenvalue weighted by Gasteiger charge is 2.57. The first-order valence-electron chi connectivity index (χ1n) is 10.2. The van der Waals surface area contributed by atoms with Crippen molar-refractivity contribution in [3.05, 3.63) is 71.8 Å². The molecular weight excluding hydrogens is 400 g/mol. The third kappa shape index (κ3) is 6.37. The van der Waals surface area contributed by atoms with Crippen LogP contribution in [0.2, 0.25) is 0 Å². The van der Waals surface area contributed by atoms with Gasteiger partial charge in [0.15, 0.2) is 6.10 Å². The van der Waals surface area contributed by atoms with E-state index in [4.69, 9.17) is 23.7 Å². The van der Waals surface area contributed by atoms with Crippen LogP contribution in [0.4, 0.5) is 0 Å². The van der Waals surface area contributed by atoms with Crippen molar-refractivity contribution in [2.24, 2.45) is 0 Å². The molecule has 7 nitrogen and oxygen atoms in total. The van der Waals surface area contributed by atoms with E-state index in [9.17, 15) is 9.59 Å². The van der Waals surface area contributed by atoms with Gasteiger partial charge < -0.3 is 23.7 Å². The number of benzene rings is 2. The molecule has 0 spiro atoms. The van der Waals surface area contributed by atoms with Gasteiger partial charge in [0.1, 0.15) is 11.7 Å². The number of rotatable bonds is 9. The highest BCUT2D eigenvalue weighted by Crippen LogP contribution is 2.37. The molecule has 2 aromatic rings. The summed E-state index contributed by atoms with van der Waals surface area (Å²) in [7, 11) is 0. The van der Waals surface area contributed by atoms with Crippen LogP contribution in [0.15, 0.2) is 60.7 Å². The summed E-state index contributed by atoms with van der Waals surface area (Å²) in [6.07, 6.45) is -2.72. The van der Waals surface area contributed by atoms with E-state index in [1.165, 1.54) is 13.8 Å². The second-order valence-electron chi connectivity index (χ2n) is 7.68.